The Bertz CT molecular complexity index is 417. The van der Waals surface area contributed by atoms with Gasteiger partial charge in [0.1, 0.15) is 0 Å². The van der Waals surface area contributed by atoms with E-state index in [1.807, 2.05) is 32.9 Å². The summed E-state index contributed by atoms with van der Waals surface area (Å²) in [4.78, 5) is 12.4. The molecule has 0 aromatic heterocycles. The summed E-state index contributed by atoms with van der Waals surface area (Å²) >= 11 is 3.40. The summed E-state index contributed by atoms with van der Waals surface area (Å²) in [6.07, 6.45) is 0.851. The standard InChI is InChI=1S/C15H22BrNO2/c1-10-7-11(2)14(12(3)8-10)15(18)17-13(5-6-16)9-19-4/h7-8,13H,5-6,9H2,1-4H3,(H,17,18). The number of carbonyl (C=O) groups excluding carboxylic acids is 1. The predicted molar refractivity (Wildman–Crippen MR) is 82.2 cm³/mol. The maximum Gasteiger partial charge on any atom is 0.252 e. The highest BCUT2D eigenvalue weighted by molar-refractivity contribution is 9.09. The molecule has 0 aliphatic heterocycles. The van der Waals surface area contributed by atoms with Crippen LogP contribution in [0.3, 0.4) is 0 Å². The van der Waals surface area contributed by atoms with Gasteiger partial charge in [-0.1, -0.05) is 33.6 Å². The molecular formula is C15H22BrNO2. The third kappa shape index (κ3) is 4.62. The highest BCUT2D eigenvalue weighted by Gasteiger charge is 2.17. The molecule has 106 valence electrons. The average molecular weight is 328 g/mol. The van der Waals surface area contributed by atoms with Crippen LogP contribution in [0.5, 0.6) is 0 Å². The first kappa shape index (κ1) is 16.2. The molecule has 1 amide bonds. The number of aryl methyl sites for hydroxylation is 3. The molecule has 0 aliphatic carbocycles. The molecule has 1 N–H and O–H groups in total. The summed E-state index contributed by atoms with van der Waals surface area (Å²) in [6.45, 7) is 6.52. The number of hydrogen-bond acceptors (Lipinski definition) is 2. The van der Waals surface area contributed by atoms with E-state index in [0.29, 0.717) is 6.61 Å². The summed E-state index contributed by atoms with van der Waals surface area (Å²) in [5.74, 6) is -0.0157. The number of nitrogens with one attached hydrogen (secondary N) is 1. The molecule has 0 spiro atoms. The lowest BCUT2D eigenvalue weighted by Crippen LogP contribution is -2.39. The van der Waals surface area contributed by atoms with Crippen LogP contribution in [0.4, 0.5) is 0 Å². The van der Waals surface area contributed by atoms with Gasteiger partial charge in [0.05, 0.1) is 12.6 Å². The van der Waals surface area contributed by atoms with Crippen LogP contribution in [0.25, 0.3) is 0 Å². The van der Waals surface area contributed by atoms with Crippen molar-refractivity contribution >= 4 is 21.8 Å². The second kappa shape index (κ2) is 7.65. The number of halogens is 1. The predicted octanol–water partition coefficient (Wildman–Crippen LogP) is 3.14. The van der Waals surface area contributed by atoms with Crippen molar-refractivity contribution in [3.8, 4) is 0 Å². The Morgan fingerprint density at radius 1 is 1.32 bits per heavy atom. The smallest absolute Gasteiger partial charge is 0.252 e. The number of rotatable bonds is 6. The third-order valence-electron chi connectivity index (χ3n) is 3.06. The van der Waals surface area contributed by atoms with Gasteiger partial charge in [-0.2, -0.15) is 0 Å². The fourth-order valence-electron chi connectivity index (χ4n) is 2.33. The van der Waals surface area contributed by atoms with Gasteiger partial charge in [-0.05, 0) is 38.3 Å². The van der Waals surface area contributed by atoms with Gasteiger partial charge in [0.25, 0.3) is 5.91 Å². The minimum absolute atomic E-state index is 0.0157. The Balaban J connectivity index is 2.88. The quantitative estimate of drug-likeness (QED) is 0.815. The third-order valence-corrected chi connectivity index (χ3v) is 3.52. The molecule has 1 rings (SSSR count). The van der Waals surface area contributed by atoms with Crippen LogP contribution in [-0.4, -0.2) is 31.0 Å². The monoisotopic (exact) mass is 327 g/mol. The molecule has 0 fully saturated rings. The molecular weight excluding hydrogens is 306 g/mol. The second-order valence-corrected chi connectivity index (χ2v) is 5.67. The van der Waals surface area contributed by atoms with Gasteiger partial charge in [-0.3, -0.25) is 4.79 Å². The van der Waals surface area contributed by atoms with E-state index in [4.69, 9.17) is 4.74 Å². The van der Waals surface area contributed by atoms with Crippen LogP contribution < -0.4 is 5.32 Å². The van der Waals surface area contributed by atoms with Crippen LogP contribution in [0.15, 0.2) is 12.1 Å². The fraction of sp³-hybridized carbons (Fsp3) is 0.533. The zero-order chi connectivity index (χ0) is 14.4. The van der Waals surface area contributed by atoms with Crippen molar-refractivity contribution in [3.05, 3.63) is 34.4 Å². The van der Waals surface area contributed by atoms with E-state index in [-0.39, 0.29) is 11.9 Å². The second-order valence-electron chi connectivity index (χ2n) is 4.88. The van der Waals surface area contributed by atoms with Crippen molar-refractivity contribution in [1.82, 2.24) is 5.32 Å². The van der Waals surface area contributed by atoms with Crippen LogP contribution in [0.2, 0.25) is 0 Å². The molecule has 0 saturated carbocycles. The van der Waals surface area contributed by atoms with Gasteiger partial charge in [0, 0.05) is 18.0 Å². The molecule has 1 aromatic carbocycles. The summed E-state index contributed by atoms with van der Waals surface area (Å²) in [6, 6.07) is 4.12. The molecule has 4 heteroatoms. The summed E-state index contributed by atoms with van der Waals surface area (Å²) in [5.41, 5.74) is 4.00. The number of amides is 1. The average Bonchev–Trinajstić information content (AvgIpc) is 2.27. The van der Waals surface area contributed by atoms with Gasteiger partial charge in [0.15, 0.2) is 0 Å². The zero-order valence-electron chi connectivity index (χ0n) is 12.0. The van der Waals surface area contributed by atoms with Gasteiger partial charge in [0.2, 0.25) is 0 Å². The molecule has 0 aliphatic rings. The molecule has 19 heavy (non-hydrogen) atoms. The first-order chi connectivity index (χ1) is 8.99. The zero-order valence-corrected chi connectivity index (χ0v) is 13.6. The minimum atomic E-state index is -0.0157. The Morgan fingerprint density at radius 2 is 1.89 bits per heavy atom. The number of alkyl halides is 1. The van der Waals surface area contributed by atoms with Gasteiger partial charge in [-0.25, -0.2) is 0 Å². The molecule has 3 nitrogen and oxygen atoms in total. The number of ether oxygens (including phenoxy) is 1. The normalized spacial score (nSPS) is 12.3. The van der Waals surface area contributed by atoms with Crippen molar-refractivity contribution in [2.45, 2.75) is 33.2 Å². The number of hydrogen-bond donors (Lipinski definition) is 1. The van der Waals surface area contributed by atoms with Crippen molar-refractivity contribution in [2.75, 3.05) is 19.0 Å². The number of methoxy groups -OCH3 is 1. The van der Waals surface area contributed by atoms with E-state index < -0.39 is 0 Å². The molecule has 1 aromatic rings. The van der Waals surface area contributed by atoms with Crippen LogP contribution >= 0.6 is 15.9 Å². The van der Waals surface area contributed by atoms with Gasteiger partial charge >= 0.3 is 0 Å². The van der Waals surface area contributed by atoms with Crippen molar-refractivity contribution in [1.29, 1.82) is 0 Å². The summed E-state index contributed by atoms with van der Waals surface area (Å²) < 4.78 is 5.14. The maximum atomic E-state index is 12.4. The van der Waals surface area contributed by atoms with Gasteiger partial charge in [-0.15, -0.1) is 0 Å². The van der Waals surface area contributed by atoms with E-state index >= 15 is 0 Å². The topological polar surface area (TPSA) is 38.3 Å². The molecule has 0 heterocycles. The Morgan fingerprint density at radius 3 is 2.37 bits per heavy atom. The molecule has 1 unspecified atom stereocenters. The SMILES string of the molecule is COCC(CCBr)NC(=O)c1c(C)cc(C)cc1C. The van der Waals surface area contributed by atoms with Crippen molar-refractivity contribution in [2.24, 2.45) is 0 Å². The lowest BCUT2D eigenvalue weighted by atomic mass is 9.99. The first-order valence-electron chi connectivity index (χ1n) is 6.43. The molecule has 1 atom stereocenters. The lowest BCUT2D eigenvalue weighted by Gasteiger charge is -2.19. The van der Waals surface area contributed by atoms with E-state index in [9.17, 15) is 4.79 Å². The van der Waals surface area contributed by atoms with Gasteiger partial charge < -0.3 is 10.1 Å². The van der Waals surface area contributed by atoms with Crippen molar-refractivity contribution < 1.29 is 9.53 Å². The van der Waals surface area contributed by atoms with Crippen molar-refractivity contribution in [3.63, 3.8) is 0 Å². The van der Waals surface area contributed by atoms with Crippen LogP contribution in [-0.2, 0) is 4.74 Å². The Kier molecular flexibility index (Phi) is 6.52. The Hall–Kier alpha value is -0.870. The largest absolute Gasteiger partial charge is 0.383 e. The molecule has 0 saturated heterocycles. The highest BCUT2D eigenvalue weighted by atomic mass is 79.9. The highest BCUT2D eigenvalue weighted by Crippen LogP contribution is 2.16. The van der Waals surface area contributed by atoms with E-state index in [1.165, 1.54) is 5.56 Å². The fourth-order valence-corrected chi connectivity index (χ4v) is 2.88. The minimum Gasteiger partial charge on any atom is -0.383 e. The summed E-state index contributed by atoms with van der Waals surface area (Å²) in [7, 11) is 1.65. The number of carbonyl (C=O) groups is 1. The van der Waals surface area contributed by atoms with Crippen LogP contribution in [0.1, 0.15) is 33.5 Å². The van der Waals surface area contributed by atoms with E-state index in [1.54, 1.807) is 7.11 Å². The molecule has 0 bridgehead atoms. The molecule has 0 radical (unpaired) electrons. The van der Waals surface area contributed by atoms with E-state index in [2.05, 4.69) is 21.2 Å². The van der Waals surface area contributed by atoms with Crippen LogP contribution in [0, 0.1) is 20.8 Å². The Labute approximate surface area is 123 Å². The summed E-state index contributed by atoms with van der Waals surface area (Å²) in [5, 5.41) is 3.88. The maximum absolute atomic E-state index is 12.4. The van der Waals surface area contributed by atoms with E-state index in [0.717, 1.165) is 28.4 Å². The first-order valence-corrected chi connectivity index (χ1v) is 7.55. The lowest BCUT2D eigenvalue weighted by molar-refractivity contribution is 0.0894. The number of benzene rings is 1.